The van der Waals surface area contributed by atoms with Gasteiger partial charge in [-0.3, -0.25) is 0 Å². The fraction of sp³-hybridized carbons (Fsp3) is 0.667. The number of rotatable bonds is 0. The van der Waals surface area contributed by atoms with E-state index in [9.17, 15) is 0 Å². The number of thiol groups is 1. The van der Waals surface area contributed by atoms with Crippen LogP contribution in [0.15, 0.2) is 10.4 Å². The van der Waals surface area contributed by atoms with E-state index < -0.39 is 0 Å². The molecule has 0 bridgehead atoms. The molecule has 48 valence electrons. The second-order valence-electron chi connectivity index (χ2n) is 2.73. The van der Waals surface area contributed by atoms with Crippen LogP contribution in [0.1, 0.15) is 20.8 Å². The molecule has 0 aliphatic heterocycles. The van der Waals surface area contributed by atoms with Crippen molar-refractivity contribution in [3.05, 3.63) is 10.4 Å². The normalized spacial score (nSPS) is 14.4. The maximum Gasteiger partial charge on any atom is 0.0294 e. The van der Waals surface area contributed by atoms with Crippen LogP contribution >= 0.6 is 24.2 Å². The summed E-state index contributed by atoms with van der Waals surface area (Å²) < 4.78 is 0. The van der Waals surface area contributed by atoms with Crippen molar-refractivity contribution in [2.24, 2.45) is 5.41 Å². The first kappa shape index (κ1) is 8.38. The van der Waals surface area contributed by atoms with Crippen LogP contribution in [0.2, 0.25) is 0 Å². The minimum Gasteiger partial charge on any atom is -0.150 e. The van der Waals surface area contributed by atoms with Crippen LogP contribution in [0.25, 0.3) is 0 Å². The molecular formula is C6H11ClS. The molecule has 0 aromatic heterocycles. The van der Waals surface area contributed by atoms with E-state index in [1.54, 1.807) is 5.41 Å². The lowest BCUT2D eigenvalue weighted by Gasteiger charge is -2.15. The fourth-order valence-corrected chi connectivity index (χ4v) is 0.581. The molecule has 0 nitrogen and oxygen atoms in total. The van der Waals surface area contributed by atoms with E-state index in [1.807, 2.05) is 20.8 Å². The van der Waals surface area contributed by atoms with Gasteiger partial charge in [0.05, 0.1) is 0 Å². The molecule has 0 unspecified atom stereocenters. The Kier molecular flexibility index (Phi) is 2.92. The monoisotopic (exact) mass is 150 g/mol. The predicted molar refractivity (Wildman–Crippen MR) is 42.4 cm³/mol. The minimum atomic E-state index is 0.0588. The number of allylic oxidation sites excluding steroid dienone is 1. The molecule has 0 aromatic rings. The Morgan fingerprint density at radius 2 is 1.88 bits per heavy atom. The number of halogens is 1. The molecule has 0 radical (unpaired) electrons. The summed E-state index contributed by atoms with van der Waals surface area (Å²) >= 11 is 9.64. The van der Waals surface area contributed by atoms with Crippen molar-refractivity contribution >= 4 is 24.2 Å². The van der Waals surface area contributed by atoms with Crippen molar-refractivity contribution in [3.63, 3.8) is 0 Å². The van der Waals surface area contributed by atoms with Gasteiger partial charge in [0, 0.05) is 5.03 Å². The van der Waals surface area contributed by atoms with Crippen molar-refractivity contribution in [2.75, 3.05) is 0 Å². The summed E-state index contributed by atoms with van der Waals surface area (Å²) in [6.45, 7) is 6.13. The smallest absolute Gasteiger partial charge is 0.0294 e. The molecule has 0 heterocycles. The van der Waals surface area contributed by atoms with E-state index in [0.717, 1.165) is 5.03 Å². The van der Waals surface area contributed by atoms with Crippen LogP contribution in [0.4, 0.5) is 0 Å². The molecule has 0 amide bonds. The third kappa shape index (κ3) is 2.63. The first-order chi connectivity index (χ1) is 3.48. The third-order valence-electron chi connectivity index (χ3n) is 0.830. The van der Waals surface area contributed by atoms with Gasteiger partial charge < -0.3 is 0 Å². The zero-order valence-corrected chi connectivity index (χ0v) is 7.05. The van der Waals surface area contributed by atoms with Crippen LogP contribution in [-0.4, -0.2) is 0 Å². The highest BCUT2D eigenvalue weighted by molar-refractivity contribution is 7.83. The Labute approximate surface area is 61.3 Å². The molecule has 8 heavy (non-hydrogen) atoms. The standard InChI is InChI=1S/C6H11ClS/c1-6(2,3)5(7)4-8/h4,8H,1-3H3/b5-4-. The first-order valence-corrected chi connectivity index (χ1v) is 3.38. The van der Waals surface area contributed by atoms with Gasteiger partial charge in [0.2, 0.25) is 0 Å². The highest BCUT2D eigenvalue weighted by Gasteiger charge is 2.12. The van der Waals surface area contributed by atoms with Gasteiger partial charge in [0.25, 0.3) is 0 Å². The predicted octanol–water partition coefficient (Wildman–Crippen LogP) is 3.04. The van der Waals surface area contributed by atoms with Crippen LogP contribution in [0.5, 0.6) is 0 Å². The van der Waals surface area contributed by atoms with Crippen molar-refractivity contribution in [1.29, 1.82) is 0 Å². The molecule has 0 atom stereocenters. The molecule has 0 N–H and O–H groups in total. The Balaban J connectivity index is 4.03. The Morgan fingerprint density at radius 3 is 1.88 bits per heavy atom. The number of hydrogen-bond donors (Lipinski definition) is 1. The maximum atomic E-state index is 5.73. The van der Waals surface area contributed by atoms with E-state index in [1.165, 1.54) is 0 Å². The summed E-state index contributed by atoms with van der Waals surface area (Å²) in [5.74, 6) is 0. The van der Waals surface area contributed by atoms with Gasteiger partial charge >= 0.3 is 0 Å². The maximum absolute atomic E-state index is 5.73. The van der Waals surface area contributed by atoms with Gasteiger partial charge in [0.1, 0.15) is 0 Å². The highest BCUT2D eigenvalue weighted by Crippen LogP contribution is 2.28. The van der Waals surface area contributed by atoms with Gasteiger partial charge in [-0.15, -0.1) is 0 Å². The molecule has 0 fully saturated rings. The zero-order valence-electron chi connectivity index (χ0n) is 5.40. The minimum absolute atomic E-state index is 0.0588. The second-order valence-corrected chi connectivity index (χ2v) is 3.39. The SMILES string of the molecule is CC(C)(C)/C(Cl)=C/S. The molecule has 2 heteroatoms. The molecule has 0 spiro atoms. The quantitative estimate of drug-likeness (QED) is 0.505. The molecule has 0 saturated carbocycles. The van der Waals surface area contributed by atoms with Gasteiger partial charge in [-0.2, -0.15) is 12.6 Å². The van der Waals surface area contributed by atoms with Gasteiger partial charge in [-0.25, -0.2) is 0 Å². The zero-order chi connectivity index (χ0) is 6.78. The highest BCUT2D eigenvalue weighted by atomic mass is 35.5. The molecule has 0 rings (SSSR count). The summed E-state index contributed by atoms with van der Waals surface area (Å²) in [5, 5.41) is 2.42. The van der Waals surface area contributed by atoms with Gasteiger partial charge in [-0.1, -0.05) is 32.4 Å². The molecular weight excluding hydrogens is 140 g/mol. The van der Waals surface area contributed by atoms with E-state index in [-0.39, 0.29) is 5.41 Å². The topological polar surface area (TPSA) is 0 Å². The molecule has 0 aliphatic carbocycles. The van der Waals surface area contributed by atoms with E-state index in [2.05, 4.69) is 12.6 Å². The molecule has 0 saturated heterocycles. The summed E-state index contributed by atoms with van der Waals surface area (Å²) in [7, 11) is 0. The Bertz CT molecular complexity index is 99.6. The Morgan fingerprint density at radius 1 is 1.50 bits per heavy atom. The van der Waals surface area contributed by atoms with Crippen LogP contribution in [0.3, 0.4) is 0 Å². The average molecular weight is 151 g/mol. The van der Waals surface area contributed by atoms with Gasteiger partial charge in [0.15, 0.2) is 0 Å². The van der Waals surface area contributed by atoms with Crippen molar-refractivity contribution in [1.82, 2.24) is 0 Å². The lowest BCUT2D eigenvalue weighted by Crippen LogP contribution is -2.03. The summed E-state index contributed by atoms with van der Waals surface area (Å²) in [5.41, 5.74) is 0.0588. The summed E-state index contributed by atoms with van der Waals surface area (Å²) in [6.07, 6.45) is 0. The largest absolute Gasteiger partial charge is 0.150 e. The van der Waals surface area contributed by atoms with E-state index >= 15 is 0 Å². The van der Waals surface area contributed by atoms with Crippen molar-refractivity contribution in [3.8, 4) is 0 Å². The number of hydrogen-bond acceptors (Lipinski definition) is 1. The fourth-order valence-electron chi connectivity index (χ4n) is 0.194. The summed E-state index contributed by atoms with van der Waals surface area (Å²) in [6, 6.07) is 0. The van der Waals surface area contributed by atoms with Crippen LogP contribution in [0, 0.1) is 5.41 Å². The van der Waals surface area contributed by atoms with Crippen LogP contribution in [-0.2, 0) is 0 Å². The third-order valence-corrected chi connectivity index (χ3v) is 1.92. The summed E-state index contributed by atoms with van der Waals surface area (Å²) in [4.78, 5) is 0. The lowest BCUT2D eigenvalue weighted by atomic mass is 9.97. The van der Waals surface area contributed by atoms with E-state index in [4.69, 9.17) is 11.6 Å². The van der Waals surface area contributed by atoms with Crippen molar-refractivity contribution in [2.45, 2.75) is 20.8 Å². The van der Waals surface area contributed by atoms with E-state index in [0.29, 0.717) is 0 Å². The molecule has 0 aliphatic rings. The van der Waals surface area contributed by atoms with Gasteiger partial charge in [-0.05, 0) is 10.8 Å². The van der Waals surface area contributed by atoms with Crippen molar-refractivity contribution < 1.29 is 0 Å². The molecule has 0 aromatic carbocycles. The first-order valence-electron chi connectivity index (χ1n) is 2.49. The second kappa shape index (κ2) is 2.79. The average Bonchev–Trinajstić information content (AvgIpc) is 1.62. The Hall–Kier alpha value is 0.380. The lowest BCUT2D eigenvalue weighted by molar-refractivity contribution is 0.532. The van der Waals surface area contributed by atoms with Crippen LogP contribution < -0.4 is 0 Å².